The minimum atomic E-state index is -0.144. The first kappa shape index (κ1) is 12.9. The summed E-state index contributed by atoms with van der Waals surface area (Å²) in [5.41, 5.74) is 6.19. The van der Waals surface area contributed by atoms with Crippen molar-refractivity contribution in [3.05, 3.63) is 0 Å². The molecule has 0 aromatic rings. The maximum absolute atomic E-state index is 6.21. The summed E-state index contributed by atoms with van der Waals surface area (Å²) in [6.45, 7) is 14.8. The van der Waals surface area contributed by atoms with Gasteiger partial charge in [-0.1, -0.05) is 13.8 Å². The third kappa shape index (κ3) is 3.44. The Morgan fingerprint density at radius 3 is 2.40 bits per heavy atom. The molecule has 1 aliphatic rings. The fraction of sp³-hybridized carbons (Fsp3) is 1.00. The quantitative estimate of drug-likeness (QED) is 0.773. The molecule has 3 nitrogen and oxygen atoms in total. The van der Waals surface area contributed by atoms with Crippen molar-refractivity contribution in [2.45, 2.75) is 46.3 Å². The Balaban J connectivity index is 2.53. The van der Waals surface area contributed by atoms with Gasteiger partial charge < -0.3 is 10.5 Å². The van der Waals surface area contributed by atoms with Gasteiger partial charge in [0.15, 0.2) is 0 Å². The van der Waals surface area contributed by atoms with Crippen LogP contribution >= 0.6 is 0 Å². The first-order chi connectivity index (χ1) is 6.72. The molecule has 1 aliphatic heterocycles. The summed E-state index contributed by atoms with van der Waals surface area (Å²) in [7, 11) is 0. The molecule has 0 spiro atoms. The fourth-order valence-electron chi connectivity index (χ4n) is 1.80. The van der Waals surface area contributed by atoms with E-state index in [1.54, 1.807) is 0 Å². The molecular formula is C12H26N2O. The van der Waals surface area contributed by atoms with Crippen LogP contribution in [-0.4, -0.2) is 42.8 Å². The molecule has 0 saturated carbocycles. The zero-order valence-electron chi connectivity index (χ0n) is 10.8. The van der Waals surface area contributed by atoms with Crippen molar-refractivity contribution >= 4 is 0 Å². The second-order valence-electron chi connectivity index (χ2n) is 6.02. The largest absolute Gasteiger partial charge is 0.376 e. The molecule has 1 unspecified atom stereocenters. The van der Waals surface area contributed by atoms with Gasteiger partial charge in [-0.2, -0.15) is 0 Å². The van der Waals surface area contributed by atoms with Crippen LogP contribution in [0.2, 0.25) is 0 Å². The van der Waals surface area contributed by atoms with Crippen LogP contribution in [0.15, 0.2) is 0 Å². The highest BCUT2D eigenvalue weighted by Crippen LogP contribution is 2.29. The predicted octanol–water partition coefficient (Wildman–Crippen LogP) is 1.47. The monoisotopic (exact) mass is 214 g/mol. The second kappa shape index (κ2) is 4.40. The van der Waals surface area contributed by atoms with Crippen molar-refractivity contribution in [3.8, 4) is 0 Å². The molecule has 0 amide bonds. The first-order valence-electron chi connectivity index (χ1n) is 5.85. The Labute approximate surface area is 94.0 Å². The highest BCUT2D eigenvalue weighted by Gasteiger charge is 2.35. The molecule has 1 saturated heterocycles. The zero-order valence-corrected chi connectivity index (χ0v) is 10.8. The molecular weight excluding hydrogens is 188 g/mol. The molecule has 1 atom stereocenters. The molecule has 0 aromatic carbocycles. The average Bonchev–Trinajstić information content (AvgIpc) is 2.00. The number of nitrogens with zero attached hydrogens (tertiary/aromatic N) is 1. The summed E-state index contributed by atoms with van der Waals surface area (Å²) in [5.74, 6) is 0. The maximum Gasteiger partial charge on any atom is 0.0674 e. The van der Waals surface area contributed by atoms with Crippen LogP contribution in [0.4, 0.5) is 0 Å². The van der Waals surface area contributed by atoms with Gasteiger partial charge in [0, 0.05) is 25.2 Å². The summed E-state index contributed by atoms with van der Waals surface area (Å²) in [5, 5.41) is 0. The first-order valence-corrected chi connectivity index (χ1v) is 5.85. The molecule has 0 aromatic heterocycles. The smallest absolute Gasteiger partial charge is 0.0674 e. The van der Waals surface area contributed by atoms with Crippen LogP contribution in [0, 0.1) is 5.41 Å². The summed E-state index contributed by atoms with van der Waals surface area (Å²) >= 11 is 0. The SMILES string of the molecule is CC1CN(CC(C)(C)C(C)(C)N)CCO1. The summed E-state index contributed by atoms with van der Waals surface area (Å²) in [4.78, 5) is 2.46. The van der Waals surface area contributed by atoms with Crippen LogP contribution in [0.1, 0.15) is 34.6 Å². The third-order valence-electron chi connectivity index (χ3n) is 3.69. The van der Waals surface area contributed by atoms with Gasteiger partial charge in [-0.25, -0.2) is 0 Å². The summed E-state index contributed by atoms with van der Waals surface area (Å²) in [6, 6.07) is 0. The van der Waals surface area contributed by atoms with Gasteiger partial charge in [-0.05, 0) is 26.2 Å². The van der Waals surface area contributed by atoms with Crippen molar-refractivity contribution in [2.24, 2.45) is 11.1 Å². The highest BCUT2D eigenvalue weighted by molar-refractivity contribution is 4.92. The number of rotatable bonds is 3. The summed E-state index contributed by atoms with van der Waals surface area (Å²) in [6.07, 6.45) is 0.357. The minimum absolute atomic E-state index is 0.129. The molecule has 3 heteroatoms. The molecule has 0 radical (unpaired) electrons. The Morgan fingerprint density at radius 1 is 1.33 bits per heavy atom. The molecule has 0 aliphatic carbocycles. The van der Waals surface area contributed by atoms with Crippen molar-refractivity contribution in [2.75, 3.05) is 26.2 Å². The molecule has 1 rings (SSSR count). The maximum atomic E-state index is 6.21. The van der Waals surface area contributed by atoms with Crippen molar-refractivity contribution in [1.29, 1.82) is 0 Å². The van der Waals surface area contributed by atoms with E-state index in [0.717, 1.165) is 26.2 Å². The van der Waals surface area contributed by atoms with Gasteiger partial charge in [-0.3, -0.25) is 4.90 Å². The van der Waals surface area contributed by atoms with Crippen LogP contribution in [-0.2, 0) is 4.74 Å². The van der Waals surface area contributed by atoms with Crippen LogP contribution in [0.5, 0.6) is 0 Å². The highest BCUT2D eigenvalue weighted by atomic mass is 16.5. The molecule has 0 bridgehead atoms. The zero-order chi connectivity index (χ0) is 11.7. The molecule has 15 heavy (non-hydrogen) atoms. The standard InChI is InChI=1S/C12H26N2O/c1-10-8-14(6-7-15-10)9-11(2,3)12(4,5)13/h10H,6-9,13H2,1-5H3. The molecule has 1 fully saturated rings. The van der Waals surface area contributed by atoms with E-state index in [0.29, 0.717) is 6.10 Å². The van der Waals surface area contributed by atoms with Gasteiger partial charge in [-0.15, -0.1) is 0 Å². The van der Waals surface area contributed by atoms with Gasteiger partial charge in [0.05, 0.1) is 12.7 Å². The van der Waals surface area contributed by atoms with Crippen molar-refractivity contribution in [1.82, 2.24) is 4.90 Å². The van der Waals surface area contributed by atoms with E-state index in [1.165, 1.54) is 0 Å². The van der Waals surface area contributed by atoms with E-state index >= 15 is 0 Å². The van der Waals surface area contributed by atoms with E-state index in [4.69, 9.17) is 10.5 Å². The number of hydrogen-bond acceptors (Lipinski definition) is 3. The van der Waals surface area contributed by atoms with Crippen LogP contribution in [0.25, 0.3) is 0 Å². The van der Waals surface area contributed by atoms with Crippen molar-refractivity contribution < 1.29 is 4.74 Å². The Hall–Kier alpha value is -0.120. The number of nitrogens with two attached hydrogens (primary N) is 1. The fourth-order valence-corrected chi connectivity index (χ4v) is 1.80. The lowest BCUT2D eigenvalue weighted by molar-refractivity contribution is -0.0356. The number of ether oxygens (including phenoxy) is 1. The molecule has 1 heterocycles. The van der Waals surface area contributed by atoms with Gasteiger partial charge in [0.1, 0.15) is 0 Å². The average molecular weight is 214 g/mol. The lowest BCUT2D eigenvalue weighted by Gasteiger charge is -2.44. The normalized spacial score (nSPS) is 25.6. The number of morpholine rings is 1. The Morgan fingerprint density at radius 2 is 1.93 bits per heavy atom. The minimum Gasteiger partial charge on any atom is -0.376 e. The predicted molar refractivity (Wildman–Crippen MR) is 63.9 cm³/mol. The van der Waals surface area contributed by atoms with Gasteiger partial charge >= 0.3 is 0 Å². The van der Waals surface area contributed by atoms with E-state index in [-0.39, 0.29) is 11.0 Å². The van der Waals surface area contributed by atoms with Crippen molar-refractivity contribution in [3.63, 3.8) is 0 Å². The third-order valence-corrected chi connectivity index (χ3v) is 3.69. The lowest BCUT2D eigenvalue weighted by atomic mass is 9.75. The molecule has 2 N–H and O–H groups in total. The Kier molecular flexibility index (Phi) is 3.80. The van der Waals surface area contributed by atoms with E-state index in [9.17, 15) is 0 Å². The lowest BCUT2D eigenvalue weighted by Crippen LogP contribution is -2.55. The van der Waals surface area contributed by atoms with Crippen LogP contribution in [0.3, 0.4) is 0 Å². The van der Waals surface area contributed by atoms with Crippen LogP contribution < -0.4 is 5.73 Å². The molecule has 90 valence electrons. The van der Waals surface area contributed by atoms with Gasteiger partial charge in [0.25, 0.3) is 0 Å². The van der Waals surface area contributed by atoms with E-state index in [2.05, 4.69) is 39.5 Å². The van der Waals surface area contributed by atoms with Gasteiger partial charge in [0.2, 0.25) is 0 Å². The Bertz CT molecular complexity index is 208. The second-order valence-corrected chi connectivity index (χ2v) is 6.02. The van der Waals surface area contributed by atoms with E-state index in [1.807, 2.05) is 0 Å². The van der Waals surface area contributed by atoms with E-state index < -0.39 is 0 Å². The number of hydrogen-bond donors (Lipinski definition) is 1. The summed E-state index contributed by atoms with van der Waals surface area (Å²) < 4.78 is 5.54. The topological polar surface area (TPSA) is 38.5 Å².